The van der Waals surface area contributed by atoms with Gasteiger partial charge in [0.1, 0.15) is 17.5 Å². The predicted molar refractivity (Wildman–Crippen MR) is 112 cm³/mol. The molecule has 1 fully saturated rings. The molecule has 2 N–H and O–H groups in total. The van der Waals surface area contributed by atoms with Gasteiger partial charge in [0, 0.05) is 36.2 Å². The van der Waals surface area contributed by atoms with Crippen LogP contribution in [0.5, 0.6) is 0 Å². The lowest BCUT2D eigenvalue weighted by Crippen LogP contribution is -2.17. The molecule has 0 aliphatic carbocycles. The van der Waals surface area contributed by atoms with E-state index in [1.807, 2.05) is 13.0 Å². The fourth-order valence-electron chi connectivity index (χ4n) is 3.36. The van der Waals surface area contributed by atoms with Gasteiger partial charge < -0.3 is 15.5 Å². The molecule has 5 nitrogen and oxygen atoms in total. The van der Waals surface area contributed by atoms with E-state index in [0.717, 1.165) is 41.9 Å². The number of hydrogen-bond acceptors (Lipinski definition) is 5. The van der Waals surface area contributed by atoms with E-state index in [4.69, 9.17) is 0 Å². The molecule has 0 amide bonds. The number of aryl methyl sites for hydroxylation is 2. The summed E-state index contributed by atoms with van der Waals surface area (Å²) in [7, 11) is 0. The Hall–Kier alpha value is -3.08. The fourth-order valence-corrected chi connectivity index (χ4v) is 3.36. The molecular formula is C22H25N5. The molecule has 0 bridgehead atoms. The van der Waals surface area contributed by atoms with E-state index in [1.165, 1.54) is 24.1 Å². The second kappa shape index (κ2) is 7.66. The van der Waals surface area contributed by atoms with Crippen LogP contribution in [0.3, 0.4) is 0 Å². The molecule has 4 rings (SSSR count). The molecule has 2 heterocycles. The molecule has 1 saturated heterocycles. The van der Waals surface area contributed by atoms with Crippen LogP contribution in [0, 0.1) is 13.8 Å². The highest BCUT2D eigenvalue weighted by molar-refractivity contribution is 5.65. The van der Waals surface area contributed by atoms with E-state index < -0.39 is 0 Å². The first-order valence-electron chi connectivity index (χ1n) is 9.47. The van der Waals surface area contributed by atoms with Gasteiger partial charge in [0.25, 0.3) is 0 Å². The van der Waals surface area contributed by atoms with Crippen molar-refractivity contribution in [3.63, 3.8) is 0 Å². The van der Waals surface area contributed by atoms with E-state index in [2.05, 4.69) is 81.0 Å². The number of benzene rings is 2. The minimum absolute atomic E-state index is 0.725. The van der Waals surface area contributed by atoms with Crippen molar-refractivity contribution in [2.24, 2.45) is 0 Å². The Morgan fingerprint density at radius 2 is 1.26 bits per heavy atom. The summed E-state index contributed by atoms with van der Waals surface area (Å²) in [5.74, 6) is 2.29. The van der Waals surface area contributed by atoms with Gasteiger partial charge >= 0.3 is 0 Å². The van der Waals surface area contributed by atoms with Gasteiger partial charge in [-0.3, -0.25) is 0 Å². The number of rotatable bonds is 5. The van der Waals surface area contributed by atoms with Gasteiger partial charge in [0.2, 0.25) is 0 Å². The summed E-state index contributed by atoms with van der Waals surface area (Å²) in [6, 6.07) is 18.8. The molecule has 0 atom stereocenters. The van der Waals surface area contributed by atoms with Gasteiger partial charge in [-0.1, -0.05) is 17.7 Å². The summed E-state index contributed by atoms with van der Waals surface area (Å²) in [6.45, 7) is 6.30. The minimum Gasteiger partial charge on any atom is -0.372 e. The molecule has 0 unspecified atom stereocenters. The molecule has 2 aromatic carbocycles. The van der Waals surface area contributed by atoms with Crippen LogP contribution in [0.25, 0.3) is 0 Å². The van der Waals surface area contributed by atoms with Crippen molar-refractivity contribution < 1.29 is 0 Å². The number of anilines is 5. The van der Waals surface area contributed by atoms with Crippen molar-refractivity contribution in [2.75, 3.05) is 28.6 Å². The predicted octanol–water partition coefficient (Wildman–Crippen LogP) is 5.18. The van der Waals surface area contributed by atoms with Crippen LogP contribution in [-0.4, -0.2) is 23.1 Å². The molecule has 0 spiro atoms. The summed E-state index contributed by atoms with van der Waals surface area (Å²) in [4.78, 5) is 11.4. The van der Waals surface area contributed by atoms with E-state index in [1.54, 1.807) is 0 Å². The Labute approximate surface area is 160 Å². The van der Waals surface area contributed by atoms with Crippen molar-refractivity contribution >= 4 is 28.7 Å². The molecular weight excluding hydrogens is 334 g/mol. The first-order valence-corrected chi connectivity index (χ1v) is 9.47. The van der Waals surface area contributed by atoms with Crippen LogP contribution in [0.1, 0.15) is 24.2 Å². The third-order valence-electron chi connectivity index (χ3n) is 4.77. The van der Waals surface area contributed by atoms with E-state index in [0.29, 0.717) is 0 Å². The quantitative estimate of drug-likeness (QED) is 0.657. The second-order valence-electron chi connectivity index (χ2n) is 7.04. The molecule has 138 valence electrons. The number of nitrogens with one attached hydrogen (secondary N) is 2. The number of hydrogen-bond donors (Lipinski definition) is 2. The SMILES string of the molecule is Cc1ccc(Nc2cc(Nc3ccc(N4CCCC4)cc3)nc(C)n2)cc1. The third kappa shape index (κ3) is 4.37. The maximum Gasteiger partial charge on any atom is 0.136 e. The zero-order valence-corrected chi connectivity index (χ0v) is 15.9. The van der Waals surface area contributed by atoms with Gasteiger partial charge in [-0.25, -0.2) is 9.97 Å². The van der Waals surface area contributed by atoms with Crippen LogP contribution >= 0.6 is 0 Å². The first kappa shape index (κ1) is 17.3. The van der Waals surface area contributed by atoms with Crippen LogP contribution in [-0.2, 0) is 0 Å². The van der Waals surface area contributed by atoms with Gasteiger partial charge in [-0.05, 0) is 63.1 Å². The zero-order valence-electron chi connectivity index (χ0n) is 15.9. The highest BCUT2D eigenvalue weighted by Gasteiger charge is 2.12. The summed E-state index contributed by atoms with van der Waals surface area (Å²) in [5, 5.41) is 6.73. The number of aromatic nitrogens is 2. The van der Waals surface area contributed by atoms with E-state index in [9.17, 15) is 0 Å². The summed E-state index contributed by atoms with van der Waals surface area (Å²) in [5.41, 5.74) is 4.56. The number of nitrogens with zero attached hydrogens (tertiary/aromatic N) is 3. The van der Waals surface area contributed by atoms with Crippen molar-refractivity contribution in [2.45, 2.75) is 26.7 Å². The Morgan fingerprint density at radius 1 is 0.741 bits per heavy atom. The molecule has 3 aromatic rings. The van der Waals surface area contributed by atoms with Crippen molar-refractivity contribution in [3.8, 4) is 0 Å². The molecule has 1 aliphatic heterocycles. The lowest BCUT2D eigenvalue weighted by Gasteiger charge is -2.18. The highest BCUT2D eigenvalue weighted by atomic mass is 15.1. The normalized spacial score (nSPS) is 13.6. The van der Waals surface area contributed by atoms with Gasteiger partial charge in [-0.15, -0.1) is 0 Å². The largest absolute Gasteiger partial charge is 0.372 e. The fraction of sp³-hybridized carbons (Fsp3) is 0.273. The molecule has 5 heteroatoms. The summed E-state index contributed by atoms with van der Waals surface area (Å²) < 4.78 is 0. The smallest absolute Gasteiger partial charge is 0.136 e. The van der Waals surface area contributed by atoms with Crippen molar-refractivity contribution in [1.29, 1.82) is 0 Å². The topological polar surface area (TPSA) is 53.1 Å². The van der Waals surface area contributed by atoms with Gasteiger partial charge in [-0.2, -0.15) is 0 Å². The highest BCUT2D eigenvalue weighted by Crippen LogP contribution is 2.24. The van der Waals surface area contributed by atoms with Crippen molar-refractivity contribution in [3.05, 3.63) is 66.0 Å². The van der Waals surface area contributed by atoms with Crippen molar-refractivity contribution in [1.82, 2.24) is 9.97 Å². The van der Waals surface area contributed by atoms with Crippen LogP contribution in [0.2, 0.25) is 0 Å². The molecule has 1 aliphatic rings. The minimum atomic E-state index is 0.725. The van der Waals surface area contributed by atoms with E-state index >= 15 is 0 Å². The molecule has 27 heavy (non-hydrogen) atoms. The van der Waals surface area contributed by atoms with Gasteiger partial charge in [0.15, 0.2) is 0 Å². The first-order chi connectivity index (χ1) is 13.2. The Bertz CT molecular complexity index is 897. The third-order valence-corrected chi connectivity index (χ3v) is 4.77. The maximum absolute atomic E-state index is 4.51. The van der Waals surface area contributed by atoms with E-state index in [-0.39, 0.29) is 0 Å². The van der Waals surface area contributed by atoms with Crippen LogP contribution in [0.4, 0.5) is 28.7 Å². The molecule has 1 aromatic heterocycles. The zero-order chi connectivity index (χ0) is 18.6. The summed E-state index contributed by atoms with van der Waals surface area (Å²) >= 11 is 0. The maximum atomic E-state index is 4.51. The van der Waals surface area contributed by atoms with Crippen LogP contribution < -0.4 is 15.5 Å². The standard InChI is InChI=1S/C22H25N5/c1-16-5-7-18(8-6-16)25-21-15-22(24-17(2)23-21)26-19-9-11-20(12-10-19)27-13-3-4-14-27/h5-12,15H,3-4,13-14H2,1-2H3,(H2,23,24,25,26). The summed E-state index contributed by atoms with van der Waals surface area (Å²) in [6.07, 6.45) is 2.58. The Morgan fingerprint density at radius 3 is 1.81 bits per heavy atom. The molecule has 0 saturated carbocycles. The average molecular weight is 359 g/mol. The van der Waals surface area contributed by atoms with Gasteiger partial charge in [0.05, 0.1) is 0 Å². The monoisotopic (exact) mass is 359 g/mol. The average Bonchev–Trinajstić information content (AvgIpc) is 3.19. The lowest BCUT2D eigenvalue weighted by atomic mass is 10.2. The van der Waals surface area contributed by atoms with Crippen LogP contribution in [0.15, 0.2) is 54.6 Å². The Kier molecular flexibility index (Phi) is 4.92. The lowest BCUT2D eigenvalue weighted by molar-refractivity contribution is 0.949. The second-order valence-corrected chi connectivity index (χ2v) is 7.04. The Balaban J connectivity index is 1.48. The molecule has 0 radical (unpaired) electrons.